The molecule has 10 heteroatoms. The van der Waals surface area contributed by atoms with Gasteiger partial charge in [-0.05, 0) is 36.6 Å². The van der Waals surface area contributed by atoms with Crippen LogP contribution in [-0.2, 0) is 0 Å². The zero-order valence-corrected chi connectivity index (χ0v) is 16.1. The quantitative estimate of drug-likeness (QED) is 0.584. The fraction of sp³-hybridized carbons (Fsp3) is 0.353. The standard InChI is InChI=1S/C17H18ClF2N5OS/c1-10-6-13(18)24-15(25-4-2-17(19,20)3-5-25)14(10)16(26)23-11-7-12(27-21)9-22-8-11/h6-9H,2-5,21H2,1H3,(H,23,26). The number of nitrogens with two attached hydrogens (primary N) is 1. The van der Waals surface area contributed by atoms with Gasteiger partial charge in [0.2, 0.25) is 0 Å². The summed E-state index contributed by atoms with van der Waals surface area (Å²) in [5.41, 5.74) is 1.38. The van der Waals surface area contributed by atoms with Crippen molar-refractivity contribution in [2.45, 2.75) is 30.6 Å². The van der Waals surface area contributed by atoms with Crippen molar-refractivity contribution in [2.24, 2.45) is 5.14 Å². The molecule has 0 aromatic carbocycles. The molecule has 3 N–H and O–H groups in total. The Labute approximate surface area is 164 Å². The van der Waals surface area contributed by atoms with Crippen molar-refractivity contribution >= 4 is 41.0 Å². The van der Waals surface area contributed by atoms with E-state index in [2.05, 4.69) is 15.3 Å². The van der Waals surface area contributed by atoms with Crippen molar-refractivity contribution in [1.82, 2.24) is 9.97 Å². The van der Waals surface area contributed by atoms with E-state index in [0.717, 1.165) is 11.9 Å². The van der Waals surface area contributed by atoms with Crippen LogP contribution in [0.1, 0.15) is 28.8 Å². The Balaban J connectivity index is 1.91. The second-order valence-corrected chi connectivity index (χ2v) is 7.38. The number of piperidine rings is 1. The van der Waals surface area contributed by atoms with Crippen molar-refractivity contribution in [3.05, 3.63) is 40.8 Å². The molecule has 144 valence electrons. The number of aromatic nitrogens is 2. The van der Waals surface area contributed by atoms with Crippen LogP contribution < -0.4 is 15.4 Å². The van der Waals surface area contributed by atoms with Crippen LogP contribution in [0.25, 0.3) is 0 Å². The monoisotopic (exact) mass is 413 g/mol. The lowest BCUT2D eigenvalue weighted by atomic mass is 10.0. The number of pyridine rings is 2. The molecule has 0 atom stereocenters. The van der Waals surface area contributed by atoms with Gasteiger partial charge in [-0.15, -0.1) is 0 Å². The average Bonchev–Trinajstić information content (AvgIpc) is 2.61. The number of halogens is 3. The van der Waals surface area contributed by atoms with E-state index in [1.165, 1.54) is 6.20 Å². The number of nitrogens with one attached hydrogen (secondary N) is 1. The maximum atomic E-state index is 13.5. The number of amides is 1. The van der Waals surface area contributed by atoms with E-state index < -0.39 is 11.8 Å². The second kappa shape index (κ2) is 7.95. The molecule has 0 saturated carbocycles. The van der Waals surface area contributed by atoms with Crippen molar-refractivity contribution in [2.75, 3.05) is 23.3 Å². The summed E-state index contributed by atoms with van der Waals surface area (Å²) in [5.74, 6) is -2.80. The van der Waals surface area contributed by atoms with Crippen LogP contribution in [0.4, 0.5) is 20.3 Å². The van der Waals surface area contributed by atoms with Crippen LogP contribution in [0.3, 0.4) is 0 Å². The summed E-state index contributed by atoms with van der Waals surface area (Å²) in [4.78, 5) is 23.5. The Morgan fingerprint density at radius 2 is 2.04 bits per heavy atom. The molecule has 0 aliphatic carbocycles. The first-order chi connectivity index (χ1) is 12.8. The lowest BCUT2D eigenvalue weighted by molar-refractivity contribution is -0.0221. The van der Waals surface area contributed by atoms with Crippen LogP contribution >= 0.6 is 23.5 Å². The van der Waals surface area contributed by atoms with Crippen molar-refractivity contribution in [3.8, 4) is 0 Å². The Bertz CT molecular complexity index is 857. The number of rotatable bonds is 4. The van der Waals surface area contributed by atoms with Crippen molar-refractivity contribution in [3.63, 3.8) is 0 Å². The van der Waals surface area contributed by atoms with E-state index >= 15 is 0 Å². The van der Waals surface area contributed by atoms with Crippen molar-refractivity contribution < 1.29 is 13.6 Å². The highest BCUT2D eigenvalue weighted by Gasteiger charge is 2.35. The Morgan fingerprint density at radius 1 is 1.33 bits per heavy atom. The van der Waals surface area contributed by atoms with E-state index in [1.807, 2.05) is 0 Å². The molecule has 3 rings (SSSR count). The first-order valence-electron chi connectivity index (χ1n) is 8.22. The summed E-state index contributed by atoms with van der Waals surface area (Å²) in [6.07, 6.45) is 2.49. The number of hydrogen-bond acceptors (Lipinski definition) is 6. The molecule has 0 radical (unpaired) electrons. The molecule has 1 fully saturated rings. The second-order valence-electron chi connectivity index (χ2n) is 6.28. The van der Waals surface area contributed by atoms with Gasteiger partial charge in [-0.2, -0.15) is 0 Å². The van der Waals surface area contributed by atoms with E-state index in [-0.39, 0.29) is 31.1 Å². The van der Waals surface area contributed by atoms with Crippen LogP contribution in [0.2, 0.25) is 5.15 Å². The van der Waals surface area contributed by atoms with Gasteiger partial charge in [-0.1, -0.05) is 11.6 Å². The minimum Gasteiger partial charge on any atom is -0.355 e. The number of carbonyl (C=O) groups is 1. The molecule has 27 heavy (non-hydrogen) atoms. The number of hydrogen-bond donors (Lipinski definition) is 2. The Hall–Kier alpha value is -1.97. The first-order valence-corrected chi connectivity index (χ1v) is 9.48. The maximum absolute atomic E-state index is 13.5. The van der Waals surface area contributed by atoms with Gasteiger partial charge in [0.15, 0.2) is 0 Å². The number of carbonyl (C=O) groups excluding carboxylic acids is 1. The zero-order valence-electron chi connectivity index (χ0n) is 14.5. The predicted octanol–water partition coefficient (Wildman–Crippen LogP) is 3.89. The number of alkyl halides is 2. The van der Waals surface area contributed by atoms with E-state index in [9.17, 15) is 13.6 Å². The number of anilines is 2. The summed E-state index contributed by atoms with van der Waals surface area (Å²) < 4.78 is 27.0. The predicted molar refractivity (Wildman–Crippen MR) is 103 cm³/mol. The van der Waals surface area contributed by atoms with Crippen LogP contribution in [0, 0.1) is 6.92 Å². The smallest absolute Gasteiger partial charge is 0.259 e. The summed E-state index contributed by atoms with van der Waals surface area (Å²) in [6, 6.07) is 3.26. The highest BCUT2D eigenvalue weighted by Crippen LogP contribution is 2.33. The minimum absolute atomic E-state index is 0.0981. The SMILES string of the molecule is Cc1cc(Cl)nc(N2CCC(F)(F)CC2)c1C(=O)Nc1cncc(SN)c1. The van der Waals surface area contributed by atoms with Gasteiger partial charge in [-0.25, -0.2) is 13.8 Å². The van der Waals surface area contributed by atoms with Gasteiger partial charge in [-0.3, -0.25) is 14.9 Å². The van der Waals surface area contributed by atoms with Gasteiger partial charge in [0.1, 0.15) is 11.0 Å². The molecule has 1 aliphatic rings. The van der Waals surface area contributed by atoms with E-state index in [4.69, 9.17) is 16.7 Å². The van der Waals surface area contributed by atoms with Gasteiger partial charge in [0.05, 0.1) is 17.4 Å². The molecular formula is C17H18ClF2N5OS. The molecule has 1 amide bonds. The maximum Gasteiger partial charge on any atom is 0.259 e. The number of aryl methyl sites for hydroxylation is 1. The Morgan fingerprint density at radius 3 is 2.70 bits per heavy atom. The molecule has 3 heterocycles. The fourth-order valence-electron chi connectivity index (χ4n) is 2.92. The van der Waals surface area contributed by atoms with Crippen LogP contribution in [0.15, 0.2) is 29.4 Å². The van der Waals surface area contributed by atoms with Crippen LogP contribution in [-0.4, -0.2) is 34.9 Å². The van der Waals surface area contributed by atoms with Gasteiger partial charge in [0.25, 0.3) is 11.8 Å². The summed E-state index contributed by atoms with van der Waals surface area (Å²) in [7, 11) is 0. The third-order valence-corrected chi connectivity index (χ3v) is 4.98. The number of nitrogens with zero attached hydrogens (tertiary/aromatic N) is 3. The highest BCUT2D eigenvalue weighted by molar-refractivity contribution is 7.97. The van der Waals surface area contributed by atoms with E-state index in [1.54, 1.807) is 30.2 Å². The van der Waals surface area contributed by atoms with E-state index in [0.29, 0.717) is 27.5 Å². The third kappa shape index (κ3) is 4.66. The Kier molecular flexibility index (Phi) is 5.83. The molecule has 0 spiro atoms. The third-order valence-electron chi connectivity index (χ3n) is 4.29. The molecule has 1 aliphatic heterocycles. The van der Waals surface area contributed by atoms with Gasteiger partial charge in [0, 0.05) is 37.0 Å². The largest absolute Gasteiger partial charge is 0.355 e. The summed E-state index contributed by atoms with van der Waals surface area (Å²) in [6.45, 7) is 1.93. The normalized spacial score (nSPS) is 16.3. The van der Waals surface area contributed by atoms with Crippen LogP contribution in [0.5, 0.6) is 0 Å². The first kappa shape index (κ1) is 19.8. The molecule has 1 saturated heterocycles. The minimum atomic E-state index is -2.70. The molecule has 2 aromatic rings. The molecule has 0 bridgehead atoms. The summed E-state index contributed by atoms with van der Waals surface area (Å²) in [5, 5.41) is 8.48. The van der Waals surface area contributed by atoms with Gasteiger partial charge >= 0.3 is 0 Å². The highest BCUT2D eigenvalue weighted by atomic mass is 35.5. The van der Waals surface area contributed by atoms with Crippen molar-refractivity contribution in [1.29, 1.82) is 0 Å². The molecule has 0 unspecified atom stereocenters. The lowest BCUT2D eigenvalue weighted by Crippen LogP contribution is -2.40. The topological polar surface area (TPSA) is 84.1 Å². The molecular weight excluding hydrogens is 396 g/mol. The van der Waals surface area contributed by atoms with Gasteiger partial charge < -0.3 is 10.2 Å². The lowest BCUT2D eigenvalue weighted by Gasteiger charge is -2.33. The summed E-state index contributed by atoms with van der Waals surface area (Å²) >= 11 is 7.07. The molecule has 2 aromatic heterocycles. The zero-order chi connectivity index (χ0) is 19.6. The molecule has 6 nitrogen and oxygen atoms in total. The average molecular weight is 414 g/mol. The fourth-order valence-corrected chi connectivity index (χ4v) is 3.48.